The van der Waals surface area contributed by atoms with Gasteiger partial charge in [0.05, 0.1) is 5.52 Å². The highest BCUT2D eigenvalue weighted by Gasteiger charge is 2.08. The fraction of sp³-hybridized carbons (Fsp3) is 0.125. The van der Waals surface area contributed by atoms with Gasteiger partial charge >= 0.3 is 0 Å². The van der Waals surface area contributed by atoms with E-state index < -0.39 is 0 Å². The van der Waals surface area contributed by atoms with Crippen LogP contribution in [-0.4, -0.2) is 11.1 Å². The number of nitrogens with two attached hydrogens (primary N) is 1. The maximum Gasteiger partial charge on any atom is 0.0531 e. The van der Waals surface area contributed by atoms with Crippen molar-refractivity contribution in [3.63, 3.8) is 0 Å². The maximum atomic E-state index is 5.69. The van der Waals surface area contributed by atoms with Gasteiger partial charge in [0.25, 0.3) is 0 Å². The Kier molecular flexibility index (Phi) is 2.87. The van der Waals surface area contributed by atoms with Crippen LogP contribution in [0.1, 0.15) is 5.56 Å². The second-order valence-corrected chi connectivity index (χ2v) is 4.34. The van der Waals surface area contributed by atoms with Gasteiger partial charge in [-0.2, -0.15) is 0 Å². The molecule has 1 heterocycles. The fourth-order valence-corrected chi connectivity index (χ4v) is 2.36. The number of nitrogens with zero attached hydrogens (tertiary/aromatic N) is 1. The van der Waals surface area contributed by atoms with Gasteiger partial charge in [0, 0.05) is 17.3 Å². The molecule has 0 amide bonds. The molecule has 0 atom stereocenters. The molecule has 3 rings (SSSR count). The summed E-state index contributed by atoms with van der Waals surface area (Å²) in [5, 5.41) is 1.29. The SMILES string of the molecule is NCCc1cn(-c2cc[c]cc2)c2ccccc12. The third kappa shape index (κ3) is 1.81. The first kappa shape index (κ1) is 11.1. The molecule has 1 radical (unpaired) electrons. The lowest BCUT2D eigenvalue weighted by Gasteiger charge is -2.04. The molecule has 0 aliphatic rings. The van der Waals surface area contributed by atoms with E-state index in [1.165, 1.54) is 16.5 Å². The largest absolute Gasteiger partial charge is 0.330 e. The van der Waals surface area contributed by atoms with Gasteiger partial charge in [0.2, 0.25) is 0 Å². The summed E-state index contributed by atoms with van der Waals surface area (Å²) < 4.78 is 2.22. The summed E-state index contributed by atoms with van der Waals surface area (Å²) in [4.78, 5) is 0. The molecule has 0 aliphatic heterocycles. The standard InChI is InChI=1S/C16H15N2/c17-11-10-13-12-18(14-6-2-1-3-7-14)16-9-5-4-8-15(13)16/h2-9,12H,10-11,17H2. The monoisotopic (exact) mass is 235 g/mol. The molecule has 2 nitrogen and oxygen atoms in total. The van der Waals surface area contributed by atoms with Crippen LogP contribution in [0.25, 0.3) is 16.6 Å². The minimum absolute atomic E-state index is 0.677. The zero-order chi connectivity index (χ0) is 12.4. The zero-order valence-electron chi connectivity index (χ0n) is 10.1. The van der Waals surface area contributed by atoms with E-state index in [0.717, 1.165) is 12.1 Å². The lowest BCUT2D eigenvalue weighted by molar-refractivity contribution is 0.967. The molecule has 2 heteroatoms. The van der Waals surface area contributed by atoms with Gasteiger partial charge in [-0.3, -0.25) is 0 Å². The van der Waals surface area contributed by atoms with Crippen molar-refractivity contribution in [2.45, 2.75) is 6.42 Å². The van der Waals surface area contributed by atoms with Gasteiger partial charge in [-0.15, -0.1) is 0 Å². The molecule has 0 bridgehead atoms. The van der Waals surface area contributed by atoms with Gasteiger partial charge in [-0.05, 0) is 42.8 Å². The summed E-state index contributed by atoms with van der Waals surface area (Å²) in [5.41, 5.74) is 9.38. The average molecular weight is 235 g/mol. The van der Waals surface area contributed by atoms with E-state index in [2.05, 4.69) is 53.2 Å². The van der Waals surface area contributed by atoms with E-state index in [1.54, 1.807) is 0 Å². The topological polar surface area (TPSA) is 30.9 Å². The number of benzene rings is 2. The van der Waals surface area contributed by atoms with Gasteiger partial charge in [-0.1, -0.05) is 30.3 Å². The normalized spacial score (nSPS) is 10.9. The van der Waals surface area contributed by atoms with Crippen molar-refractivity contribution in [2.24, 2.45) is 5.73 Å². The van der Waals surface area contributed by atoms with Crippen LogP contribution in [0, 0.1) is 6.07 Å². The minimum Gasteiger partial charge on any atom is -0.330 e. The molecule has 2 aromatic carbocycles. The van der Waals surface area contributed by atoms with Crippen molar-refractivity contribution in [1.29, 1.82) is 0 Å². The predicted molar refractivity (Wildman–Crippen MR) is 74.9 cm³/mol. The lowest BCUT2D eigenvalue weighted by Crippen LogP contribution is -2.02. The number of aromatic nitrogens is 1. The average Bonchev–Trinajstić information content (AvgIpc) is 2.80. The molecule has 0 saturated carbocycles. The highest BCUT2D eigenvalue weighted by atomic mass is 15.0. The predicted octanol–water partition coefficient (Wildman–Crippen LogP) is 2.93. The molecule has 0 fully saturated rings. The number of fused-ring (bicyclic) bond motifs is 1. The third-order valence-electron chi connectivity index (χ3n) is 3.19. The first-order valence-corrected chi connectivity index (χ1v) is 6.15. The highest BCUT2D eigenvalue weighted by Crippen LogP contribution is 2.24. The summed E-state index contributed by atoms with van der Waals surface area (Å²) in [6.45, 7) is 0.677. The molecule has 0 aliphatic carbocycles. The van der Waals surface area contributed by atoms with Gasteiger partial charge in [0.1, 0.15) is 0 Å². The van der Waals surface area contributed by atoms with Crippen molar-refractivity contribution in [1.82, 2.24) is 4.57 Å². The molecular formula is C16H15N2. The number of hydrogen-bond donors (Lipinski definition) is 1. The van der Waals surface area contributed by atoms with Gasteiger partial charge in [0.15, 0.2) is 0 Å². The summed E-state index contributed by atoms with van der Waals surface area (Å²) in [5.74, 6) is 0. The van der Waals surface area contributed by atoms with Crippen LogP contribution in [-0.2, 0) is 6.42 Å². The lowest BCUT2D eigenvalue weighted by atomic mass is 10.1. The Bertz CT molecular complexity index is 653. The van der Waals surface area contributed by atoms with E-state index in [1.807, 2.05) is 12.1 Å². The number of rotatable bonds is 3. The van der Waals surface area contributed by atoms with E-state index in [4.69, 9.17) is 5.73 Å². The molecule has 0 saturated heterocycles. The van der Waals surface area contributed by atoms with Crippen LogP contribution in [0.5, 0.6) is 0 Å². The van der Waals surface area contributed by atoms with Gasteiger partial charge in [-0.25, -0.2) is 0 Å². The third-order valence-corrected chi connectivity index (χ3v) is 3.19. The molecule has 89 valence electrons. The summed E-state index contributed by atoms with van der Waals surface area (Å²) in [7, 11) is 0. The van der Waals surface area contributed by atoms with Crippen molar-refractivity contribution in [2.75, 3.05) is 6.54 Å². The van der Waals surface area contributed by atoms with E-state index >= 15 is 0 Å². The van der Waals surface area contributed by atoms with Crippen LogP contribution >= 0.6 is 0 Å². The number of hydrogen-bond acceptors (Lipinski definition) is 1. The maximum absolute atomic E-state index is 5.69. The first-order chi connectivity index (χ1) is 8.90. The van der Waals surface area contributed by atoms with E-state index in [0.29, 0.717) is 6.54 Å². The van der Waals surface area contributed by atoms with Crippen LogP contribution in [0.2, 0.25) is 0 Å². The smallest absolute Gasteiger partial charge is 0.0531 e. The van der Waals surface area contributed by atoms with E-state index in [9.17, 15) is 0 Å². The van der Waals surface area contributed by atoms with Crippen molar-refractivity contribution < 1.29 is 0 Å². The summed E-state index contributed by atoms with van der Waals surface area (Å²) >= 11 is 0. The zero-order valence-corrected chi connectivity index (χ0v) is 10.1. The van der Waals surface area contributed by atoms with Crippen LogP contribution in [0.15, 0.2) is 54.7 Å². The molecule has 2 N–H and O–H groups in total. The fourth-order valence-electron chi connectivity index (χ4n) is 2.36. The summed E-state index contributed by atoms with van der Waals surface area (Å²) in [6.07, 6.45) is 3.10. The van der Waals surface area contributed by atoms with E-state index in [-0.39, 0.29) is 0 Å². The molecule has 0 unspecified atom stereocenters. The Labute approximate surface area is 107 Å². The first-order valence-electron chi connectivity index (χ1n) is 6.15. The van der Waals surface area contributed by atoms with Crippen molar-refractivity contribution in [3.8, 4) is 5.69 Å². The Morgan fingerprint density at radius 2 is 1.83 bits per heavy atom. The number of para-hydroxylation sites is 1. The molecular weight excluding hydrogens is 220 g/mol. The Hall–Kier alpha value is -2.06. The van der Waals surface area contributed by atoms with Crippen LogP contribution < -0.4 is 5.73 Å². The Balaban J connectivity index is 2.24. The van der Waals surface area contributed by atoms with Crippen LogP contribution in [0.3, 0.4) is 0 Å². The van der Waals surface area contributed by atoms with Crippen LogP contribution in [0.4, 0.5) is 0 Å². The van der Waals surface area contributed by atoms with Crippen molar-refractivity contribution >= 4 is 10.9 Å². The molecule has 0 spiro atoms. The highest BCUT2D eigenvalue weighted by molar-refractivity contribution is 5.85. The Morgan fingerprint density at radius 3 is 2.61 bits per heavy atom. The second kappa shape index (κ2) is 4.67. The quantitative estimate of drug-likeness (QED) is 0.743. The molecule has 3 aromatic rings. The molecule has 1 aromatic heterocycles. The second-order valence-electron chi connectivity index (χ2n) is 4.34. The molecule has 18 heavy (non-hydrogen) atoms. The minimum atomic E-state index is 0.677. The Morgan fingerprint density at radius 1 is 1.06 bits per heavy atom. The summed E-state index contributed by atoms with van der Waals surface area (Å²) in [6, 6.07) is 19.5. The van der Waals surface area contributed by atoms with Crippen molar-refractivity contribution in [3.05, 3.63) is 66.4 Å². The van der Waals surface area contributed by atoms with Gasteiger partial charge < -0.3 is 10.3 Å².